The molecule has 3 heteroatoms. The summed E-state index contributed by atoms with van der Waals surface area (Å²) in [6.45, 7) is 3.72. The monoisotopic (exact) mass is 274 g/mol. The second-order valence-corrected chi connectivity index (χ2v) is 5.58. The Morgan fingerprint density at radius 2 is 2.25 bits per heavy atom. The van der Waals surface area contributed by atoms with Crippen molar-refractivity contribution in [2.45, 2.75) is 38.1 Å². The van der Waals surface area contributed by atoms with Gasteiger partial charge in [0.25, 0.3) is 0 Å². The van der Waals surface area contributed by atoms with Crippen LogP contribution >= 0.6 is 0 Å². The van der Waals surface area contributed by atoms with E-state index in [1.807, 2.05) is 6.07 Å². The number of hydrogen-bond donors (Lipinski definition) is 2. The van der Waals surface area contributed by atoms with Gasteiger partial charge in [-0.25, -0.2) is 0 Å². The fourth-order valence-corrected chi connectivity index (χ4v) is 2.95. The van der Waals surface area contributed by atoms with Crippen molar-refractivity contribution < 1.29 is 4.74 Å². The van der Waals surface area contributed by atoms with Crippen LogP contribution in [-0.2, 0) is 12.8 Å². The van der Waals surface area contributed by atoms with Gasteiger partial charge in [0.1, 0.15) is 5.75 Å². The minimum absolute atomic E-state index is 0.0426. The molecule has 0 saturated heterocycles. The van der Waals surface area contributed by atoms with E-state index in [1.54, 1.807) is 7.11 Å². The molecule has 0 saturated carbocycles. The molecule has 0 amide bonds. The maximum Gasteiger partial charge on any atom is 0.119 e. The van der Waals surface area contributed by atoms with Gasteiger partial charge in [0.05, 0.1) is 7.11 Å². The summed E-state index contributed by atoms with van der Waals surface area (Å²) in [5.41, 5.74) is 8.92. The Morgan fingerprint density at radius 3 is 2.95 bits per heavy atom. The molecule has 3 N–H and O–H groups in total. The van der Waals surface area contributed by atoms with E-state index in [2.05, 4.69) is 36.5 Å². The van der Waals surface area contributed by atoms with Crippen molar-refractivity contribution in [3.05, 3.63) is 41.5 Å². The van der Waals surface area contributed by atoms with Crippen LogP contribution in [0.5, 0.6) is 5.75 Å². The molecule has 20 heavy (non-hydrogen) atoms. The summed E-state index contributed by atoms with van der Waals surface area (Å²) in [6.07, 6.45) is 8.54. The van der Waals surface area contributed by atoms with Crippen molar-refractivity contribution in [2.75, 3.05) is 20.2 Å². The Morgan fingerprint density at radius 1 is 1.40 bits per heavy atom. The van der Waals surface area contributed by atoms with E-state index in [9.17, 15) is 0 Å². The highest BCUT2D eigenvalue weighted by molar-refractivity contribution is 5.39. The van der Waals surface area contributed by atoms with Gasteiger partial charge in [0.2, 0.25) is 0 Å². The zero-order valence-corrected chi connectivity index (χ0v) is 12.6. The highest BCUT2D eigenvalue weighted by atomic mass is 16.5. The lowest BCUT2D eigenvalue weighted by Gasteiger charge is -2.38. The highest BCUT2D eigenvalue weighted by Gasteiger charge is 2.32. The number of nitrogens with one attached hydrogen (secondary N) is 1. The fraction of sp³-hybridized carbons (Fsp3) is 0.529. The molecule has 1 aliphatic rings. The lowest BCUT2D eigenvalue weighted by molar-refractivity contribution is 0.295. The first-order chi connectivity index (χ1) is 9.73. The predicted octanol–water partition coefficient (Wildman–Crippen LogP) is 2.44. The van der Waals surface area contributed by atoms with E-state index < -0.39 is 0 Å². The largest absolute Gasteiger partial charge is 0.497 e. The molecule has 0 fully saturated rings. The number of methoxy groups -OCH3 is 1. The molecular formula is C17H26N2O. The standard InChI is InChI=1S/C17H26N2O/c1-3-4-5-10-19-17(13-18)9-8-14-6-7-16(20-2)11-15(14)12-17/h3-4,6-7,11,19H,5,8-10,12-13,18H2,1-2H3/b4-3+. The average molecular weight is 274 g/mol. The van der Waals surface area contributed by atoms with Crippen LogP contribution < -0.4 is 15.8 Å². The van der Waals surface area contributed by atoms with Crippen LogP contribution in [0.4, 0.5) is 0 Å². The van der Waals surface area contributed by atoms with Crippen molar-refractivity contribution in [3.63, 3.8) is 0 Å². The summed E-state index contributed by atoms with van der Waals surface area (Å²) in [7, 11) is 1.72. The summed E-state index contributed by atoms with van der Waals surface area (Å²) in [5, 5.41) is 3.68. The summed E-state index contributed by atoms with van der Waals surface area (Å²) in [5.74, 6) is 0.936. The van der Waals surface area contributed by atoms with E-state index in [0.29, 0.717) is 6.54 Å². The third-order valence-electron chi connectivity index (χ3n) is 4.25. The van der Waals surface area contributed by atoms with Gasteiger partial charge >= 0.3 is 0 Å². The van der Waals surface area contributed by atoms with Crippen LogP contribution in [0.2, 0.25) is 0 Å². The molecule has 0 aromatic heterocycles. The van der Waals surface area contributed by atoms with Crippen LogP contribution in [-0.4, -0.2) is 25.7 Å². The highest BCUT2D eigenvalue weighted by Crippen LogP contribution is 2.30. The number of aryl methyl sites for hydroxylation is 1. The van der Waals surface area contributed by atoms with E-state index in [-0.39, 0.29) is 5.54 Å². The summed E-state index contributed by atoms with van der Waals surface area (Å²) >= 11 is 0. The Bertz CT molecular complexity index is 470. The molecule has 1 aromatic carbocycles. The Balaban J connectivity index is 2.09. The van der Waals surface area contributed by atoms with Crippen LogP contribution in [0.15, 0.2) is 30.4 Å². The minimum Gasteiger partial charge on any atom is -0.497 e. The van der Waals surface area contributed by atoms with E-state index in [1.165, 1.54) is 11.1 Å². The molecule has 0 spiro atoms. The van der Waals surface area contributed by atoms with Crippen molar-refractivity contribution in [3.8, 4) is 5.75 Å². The molecule has 1 aromatic rings. The Labute approximate surface area is 122 Å². The second kappa shape index (κ2) is 6.91. The number of allylic oxidation sites excluding steroid dienone is 1. The maximum atomic E-state index is 6.07. The SMILES string of the molecule is C/C=C/CCNC1(CN)CCc2ccc(OC)cc2C1. The zero-order chi connectivity index (χ0) is 14.4. The molecule has 2 rings (SSSR count). The molecule has 0 aliphatic heterocycles. The quantitative estimate of drug-likeness (QED) is 0.619. The van der Waals surface area contributed by atoms with Crippen molar-refractivity contribution in [1.29, 1.82) is 0 Å². The minimum atomic E-state index is 0.0426. The van der Waals surface area contributed by atoms with Crippen LogP contribution in [0, 0.1) is 0 Å². The number of benzene rings is 1. The molecule has 0 radical (unpaired) electrons. The lowest BCUT2D eigenvalue weighted by atomic mass is 9.77. The number of fused-ring (bicyclic) bond motifs is 1. The molecule has 1 atom stereocenters. The Kier molecular flexibility index (Phi) is 5.21. The van der Waals surface area contributed by atoms with Crippen LogP contribution in [0.25, 0.3) is 0 Å². The number of nitrogens with two attached hydrogens (primary N) is 1. The summed E-state index contributed by atoms with van der Waals surface area (Å²) < 4.78 is 5.33. The van der Waals surface area contributed by atoms with Gasteiger partial charge in [-0.1, -0.05) is 18.2 Å². The van der Waals surface area contributed by atoms with Crippen molar-refractivity contribution in [2.24, 2.45) is 5.73 Å². The van der Waals surface area contributed by atoms with Gasteiger partial charge < -0.3 is 15.8 Å². The number of rotatable bonds is 6. The molecular weight excluding hydrogens is 248 g/mol. The van der Waals surface area contributed by atoms with Gasteiger partial charge in [-0.05, 0) is 62.4 Å². The smallest absolute Gasteiger partial charge is 0.119 e. The van der Waals surface area contributed by atoms with Gasteiger partial charge in [-0.3, -0.25) is 0 Å². The topological polar surface area (TPSA) is 47.3 Å². The molecule has 3 nitrogen and oxygen atoms in total. The van der Waals surface area contributed by atoms with Crippen LogP contribution in [0.3, 0.4) is 0 Å². The third kappa shape index (κ3) is 3.41. The van der Waals surface area contributed by atoms with Gasteiger partial charge in [-0.2, -0.15) is 0 Å². The van der Waals surface area contributed by atoms with E-state index >= 15 is 0 Å². The zero-order valence-electron chi connectivity index (χ0n) is 12.6. The number of ether oxygens (including phenoxy) is 1. The van der Waals surface area contributed by atoms with Crippen LogP contribution in [0.1, 0.15) is 30.9 Å². The fourth-order valence-electron chi connectivity index (χ4n) is 2.95. The Hall–Kier alpha value is -1.32. The van der Waals surface area contributed by atoms with E-state index in [4.69, 9.17) is 10.5 Å². The van der Waals surface area contributed by atoms with Crippen molar-refractivity contribution >= 4 is 0 Å². The first-order valence-corrected chi connectivity index (χ1v) is 7.45. The molecule has 0 heterocycles. The van der Waals surface area contributed by atoms with Gasteiger partial charge in [-0.15, -0.1) is 0 Å². The second-order valence-electron chi connectivity index (χ2n) is 5.58. The lowest BCUT2D eigenvalue weighted by Crippen LogP contribution is -2.55. The normalized spacial score (nSPS) is 21.9. The molecule has 0 bridgehead atoms. The average Bonchev–Trinajstić information content (AvgIpc) is 2.50. The first kappa shape index (κ1) is 15.1. The summed E-state index contributed by atoms with van der Waals surface area (Å²) in [6, 6.07) is 6.40. The van der Waals surface area contributed by atoms with Gasteiger partial charge in [0, 0.05) is 12.1 Å². The molecule has 1 unspecified atom stereocenters. The summed E-state index contributed by atoms with van der Waals surface area (Å²) in [4.78, 5) is 0. The predicted molar refractivity (Wildman–Crippen MR) is 84.2 cm³/mol. The van der Waals surface area contributed by atoms with Gasteiger partial charge in [0.15, 0.2) is 0 Å². The van der Waals surface area contributed by atoms with Crippen molar-refractivity contribution in [1.82, 2.24) is 5.32 Å². The maximum absolute atomic E-state index is 6.07. The first-order valence-electron chi connectivity index (χ1n) is 7.45. The molecule has 110 valence electrons. The third-order valence-corrected chi connectivity index (χ3v) is 4.25. The number of hydrogen-bond acceptors (Lipinski definition) is 3. The molecule has 1 aliphatic carbocycles. The van der Waals surface area contributed by atoms with E-state index in [0.717, 1.165) is 38.0 Å².